The molecule has 1 heterocycles. The molecule has 3 nitrogen and oxygen atoms in total. The first-order chi connectivity index (χ1) is 9.65. The summed E-state index contributed by atoms with van der Waals surface area (Å²) >= 11 is 1.99. The third kappa shape index (κ3) is 3.48. The lowest BCUT2D eigenvalue weighted by molar-refractivity contribution is 0.0762. The number of thioether (sulfide) groups is 1. The standard InChI is InChI=1S/C16H24N2OS/c1-4-13-11-18(8-9-20-13)16(19)14-10-12(3)6-7-15(14)17-5-2/h6-7,10,13,17H,4-5,8-9,11H2,1-3H3. The molecule has 1 saturated heterocycles. The van der Waals surface area contributed by atoms with Gasteiger partial charge in [-0.3, -0.25) is 4.79 Å². The number of anilines is 1. The number of aryl methyl sites for hydroxylation is 1. The SMILES string of the molecule is CCNc1ccc(C)cc1C(=O)N1CCSC(CC)C1. The summed E-state index contributed by atoms with van der Waals surface area (Å²) in [5.41, 5.74) is 2.90. The topological polar surface area (TPSA) is 32.3 Å². The number of amides is 1. The fourth-order valence-electron chi connectivity index (χ4n) is 2.50. The highest BCUT2D eigenvalue weighted by Crippen LogP contribution is 2.25. The van der Waals surface area contributed by atoms with Crippen molar-refractivity contribution in [2.24, 2.45) is 0 Å². The van der Waals surface area contributed by atoms with Crippen molar-refractivity contribution in [3.05, 3.63) is 29.3 Å². The van der Waals surface area contributed by atoms with Crippen LogP contribution < -0.4 is 5.32 Å². The van der Waals surface area contributed by atoms with Crippen molar-refractivity contribution in [2.45, 2.75) is 32.4 Å². The predicted octanol–water partition coefficient (Wildman–Crippen LogP) is 3.39. The Bertz CT molecular complexity index is 476. The number of hydrogen-bond donors (Lipinski definition) is 1. The number of hydrogen-bond acceptors (Lipinski definition) is 3. The largest absolute Gasteiger partial charge is 0.385 e. The zero-order chi connectivity index (χ0) is 14.5. The monoisotopic (exact) mass is 292 g/mol. The van der Waals surface area contributed by atoms with Crippen molar-refractivity contribution in [1.29, 1.82) is 0 Å². The van der Waals surface area contributed by atoms with E-state index >= 15 is 0 Å². The van der Waals surface area contributed by atoms with Crippen LogP contribution in [0.15, 0.2) is 18.2 Å². The summed E-state index contributed by atoms with van der Waals surface area (Å²) in [5.74, 6) is 1.22. The van der Waals surface area contributed by atoms with Crippen LogP contribution in [0.3, 0.4) is 0 Å². The number of benzene rings is 1. The maximum Gasteiger partial charge on any atom is 0.256 e. The number of rotatable bonds is 4. The Morgan fingerprint density at radius 1 is 1.45 bits per heavy atom. The van der Waals surface area contributed by atoms with Gasteiger partial charge in [0.15, 0.2) is 0 Å². The molecular formula is C16H24N2OS. The molecule has 2 rings (SSSR count). The molecule has 0 saturated carbocycles. The number of carbonyl (C=O) groups excluding carboxylic acids is 1. The van der Waals surface area contributed by atoms with Crippen LogP contribution in [0.25, 0.3) is 0 Å². The lowest BCUT2D eigenvalue weighted by Gasteiger charge is -2.32. The van der Waals surface area contributed by atoms with Crippen LogP contribution in [0.4, 0.5) is 5.69 Å². The van der Waals surface area contributed by atoms with E-state index < -0.39 is 0 Å². The molecule has 1 N–H and O–H groups in total. The quantitative estimate of drug-likeness (QED) is 0.923. The lowest BCUT2D eigenvalue weighted by atomic mass is 10.1. The molecule has 0 bridgehead atoms. The zero-order valence-electron chi connectivity index (χ0n) is 12.6. The fourth-order valence-corrected chi connectivity index (χ4v) is 3.68. The zero-order valence-corrected chi connectivity index (χ0v) is 13.4. The van der Waals surface area contributed by atoms with Gasteiger partial charge in [-0.15, -0.1) is 0 Å². The van der Waals surface area contributed by atoms with E-state index in [0.717, 1.165) is 48.6 Å². The minimum absolute atomic E-state index is 0.170. The van der Waals surface area contributed by atoms with Crippen LogP contribution in [0, 0.1) is 6.92 Å². The van der Waals surface area contributed by atoms with E-state index in [1.807, 2.05) is 35.7 Å². The van der Waals surface area contributed by atoms with Gasteiger partial charge in [-0.1, -0.05) is 18.6 Å². The van der Waals surface area contributed by atoms with Crippen LogP contribution in [-0.2, 0) is 0 Å². The molecular weight excluding hydrogens is 268 g/mol. The first-order valence-corrected chi connectivity index (χ1v) is 8.46. The Kier molecular flexibility index (Phi) is 5.35. The summed E-state index contributed by atoms with van der Waals surface area (Å²) in [6.07, 6.45) is 1.13. The van der Waals surface area contributed by atoms with E-state index in [9.17, 15) is 4.79 Å². The summed E-state index contributed by atoms with van der Waals surface area (Å²) in [7, 11) is 0. The fraction of sp³-hybridized carbons (Fsp3) is 0.562. The highest BCUT2D eigenvalue weighted by atomic mass is 32.2. The van der Waals surface area contributed by atoms with Gasteiger partial charge < -0.3 is 10.2 Å². The second-order valence-electron chi connectivity index (χ2n) is 5.23. The number of carbonyl (C=O) groups is 1. The van der Waals surface area contributed by atoms with Gasteiger partial charge in [-0.25, -0.2) is 0 Å². The van der Waals surface area contributed by atoms with Gasteiger partial charge in [0.25, 0.3) is 5.91 Å². The van der Waals surface area contributed by atoms with Crippen LogP contribution >= 0.6 is 11.8 Å². The molecule has 1 amide bonds. The molecule has 0 aliphatic carbocycles. The number of nitrogens with one attached hydrogen (secondary N) is 1. The van der Waals surface area contributed by atoms with Gasteiger partial charge in [0, 0.05) is 36.3 Å². The molecule has 1 aliphatic heterocycles. The van der Waals surface area contributed by atoms with Crippen molar-refractivity contribution < 1.29 is 4.79 Å². The maximum atomic E-state index is 12.8. The van der Waals surface area contributed by atoms with E-state index in [2.05, 4.69) is 25.2 Å². The molecule has 0 radical (unpaired) electrons. The second kappa shape index (κ2) is 7.02. The van der Waals surface area contributed by atoms with Crippen LogP contribution in [0.1, 0.15) is 36.2 Å². The highest BCUT2D eigenvalue weighted by molar-refractivity contribution is 8.00. The second-order valence-corrected chi connectivity index (χ2v) is 6.64. The van der Waals surface area contributed by atoms with Crippen LogP contribution in [0.2, 0.25) is 0 Å². The van der Waals surface area contributed by atoms with Gasteiger partial charge in [-0.2, -0.15) is 11.8 Å². The number of nitrogens with zero attached hydrogens (tertiary/aromatic N) is 1. The first-order valence-electron chi connectivity index (χ1n) is 7.41. The molecule has 0 aromatic heterocycles. The Labute approximate surface area is 126 Å². The van der Waals surface area contributed by atoms with Crippen LogP contribution in [0.5, 0.6) is 0 Å². The Balaban J connectivity index is 2.21. The van der Waals surface area contributed by atoms with Crippen molar-refractivity contribution in [3.63, 3.8) is 0 Å². The van der Waals surface area contributed by atoms with Gasteiger partial charge in [0.1, 0.15) is 0 Å². The molecule has 0 spiro atoms. The molecule has 1 aliphatic rings. The first kappa shape index (κ1) is 15.2. The third-order valence-corrected chi connectivity index (χ3v) is 5.03. The summed E-state index contributed by atoms with van der Waals surface area (Å²) < 4.78 is 0. The Morgan fingerprint density at radius 3 is 2.95 bits per heavy atom. The van der Waals surface area contributed by atoms with Gasteiger partial charge in [-0.05, 0) is 32.4 Å². The normalized spacial score (nSPS) is 18.9. The van der Waals surface area contributed by atoms with E-state index in [0.29, 0.717) is 5.25 Å². The van der Waals surface area contributed by atoms with E-state index in [1.165, 1.54) is 0 Å². The van der Waals surface area contributed by atoms with Gasteiger partial charge in [0.2, 0.25) is 0 Å². The van der Waals surface area contributed by atoms with Crippen molar-refractivity contribution in [3.8, 4) is 0 Å². The molecule has 1 aromatic carbocycles. The van der Waals surface area contributed by atoms with E-state index in [1.54, 1.807) is 0 Å². The predicted molar refractivity (Wildman–Crippen MR) is 87.8 cm³/mol. The summed E-state index contributed by atoms with van der Waals surface area (Å²) in [6, 6.07) is 6.07. The Morgan fingerprint density at radius 2 is 2.25 bits per heavy atom. The average Bonchev–Trinajstić information content (AvgIpc) is 2.48. The molecule has 1 aromatic rings. The molecule has 1 fully saturated rings. The summed E-state index contributed by atoms with van der Waals surface area (Å²) in [6.45, 7) is 8.85. The lowest BCUT2D eigenvalue weighted by Crippen LogP contribution is -2.42. The van der Waals surface area contributed by atoms with E-state index in [-0.39, 0.29) is 5.91 Å². The minimum Gasteiger partial charge on any atom is -0.385 e. The van der Waals surface area contributed by atoms with Crippen molar-refractivity contribution >= 4 is 23.4 Å². The van der Waals surface area contributed by atoms with Crippen molar-refractivity contribution in [2.75, 3.05) is 30.7 Å². The van der Waals surface area contributed by atoms with Gasteiger partial charge >= 0.3 is 0 Å². The smallest absolute Gasteiger partial charge is 0.256 e. The highest BCUT2D eigenvalue weighted by Gasteiger charge is 2.25. The molecule has 1 unspecified atom stereocenters. The minimum atomic E-state index is 0.170. The molecule has 1 atom stereocenters. The summed E-state index contributed by atoms with van der Waals surface area (Å²) in [4.78, 5) is 14.8. The van der Waals surface area contributed by atoms with E-state index in [4.69, 9.17) is 0 Å². The summed E-state index contributed by atoms with van der Waals surface area (Å²) in [5, 5.41) is 3.88. The molecule has 20 heavy (non-hydrogen) atoms. The third-order valence-electron chi connectivity index (χ3n) is 3.65. The molecule has 4 heteroatoms. The average molecular weight is 292 g/mol. The molecule has 110 valence electrons. The van der Waals surface area contributed by atoms with Gasteiger partial charge in [0.05, 0.1) is 5.56 Å². The maximum absolute atomic E-state index is 12.8. The van der Waals surface area contributed by atoms with Crippen LogP contribution in [-0.4, -0.2) is 41.4 Å². The Hall–Kier alpha value is -1.16. The van der Waals surface area contributed by atoms with Crippen molar-refractivity contribution in [1.82, 2.24) is 4.90 Å².